The third kappa shape index (κ3) is 6.40. The molecule has 3 aromatic rings. The van der Waals surface area contributed by atoms with Crippen molar-refractivity contribution in [3.8, 4) is 0 Å². The van der Waals surface area contributed by atoms with Crippen LogP contribution in [0.4, 0.5) is 0 Å². The Morgan fingerprint density at radius 2 is 1.74 bits per heavy atom. The van der Waals surface area contributed by atoms with E-state index in [9.17, 15) is 14.4 Å². The van der Waals surface area contributed by atoms with Crippen molar-refractivity contribution in [1.29, 1.82) is 0 Å². The van der Waals surface area contributed by atoms with Crippen LogP contribution >= 0.6 is 0 Å². The summed E-state index contributed by atoms with van der Waals surface area (Å²) in [5.41, 5.74) is 4.80. The van der Waals surface area contributed by atoms with Gasteiger partial charge in [0, 0.05) is 35.6 Å². The Bertz CT molecular complexity index is 1540. The lowest BCUT2D eigenvalue weighted by Gasteiger charge is -2.33. The first-order valence-corrected chi connectivity index (χ1v) is 14.8. The summed E-state index contributed by atoms with van der Waals surface area (Å²) in [4.78, 5) is 45.3. The Morgan fingerprint density at radius 3 is 2.45 bits per heavy atom. The van der Waals surface area contributed by atoms with Gasteiger partial charge in [-0.3, -0.25) is 14.4 Å². The number of nitrogens with zero attached hydrogens (tertiary/aromatic N) is 1. The van der Waals surface area contributed by atoms with E-state index in [1.807, 2.05) is 75.4 Å². The van der Waals surface area contributed by atoms with Gasteiger partial charge in [0.1, 0.15) is 11.7 Å². The normalized spacial score (nSPS) is 18.0. The van der Waals surface area contributed by atoms with E-state index < -0.39 is 11.5 Å². The van der Waals surface area contributed by atoms with Crippen molar-refractivity contribution in [3.05, 3.63) is 101 Å². The van der Waals surface area contributed by atoms with Crippen LogP contribution in [-0.2, 0) is 9.59 Å². The van der Waals surface area contributed by atoms with Crippen LogP contribution < -0.4 is 10.6 Å². The van der Waals surface area contributed by atoms with Crippen molar-refractivity contribution in [2.45, 2.75) is 59.0 Å². The minimum absolute atomic E-state index is 0.107. The SMILES string of the molecule is CCC1=C(C(=O)NC2CCN(C(=O)C(NC(=O)c3cc4ccccc4[nH]3)C(C)(C)C)C2)C=CC(c2ccccc2)=CC1. The zero-order chi connectivity index (χ0) is 29.9. The molecule has 1 aromatic heterocycles. The topological polar surface area (TPSA) is 94.3 Å². The molecule has 42 heavy (non-hydrogen) atoms. The maximum Gasteiger partial charge on any atom is 0.268 e. The molecule has 1 fully saturated rings. The molecule has 1 saturated heterocycles. The molecule has 2 unspecified atom stereocenters. The number of aromatic amines is 1. The number of rotatable bonds is 7. The van der Waals surface area contributed by atoms with Gasteiger partial charge in [0.2, 0.25) is 5.91 Å². The van der Waals surface area contributed by atoms with E-state index in [1.54, 1.807) is 11.0 Å². The molecule has 0 spiro atoms. The monoisotopic (exact) mass is 564 g/mol. The summed E-state index contributed by atoms with van der Waals surface area (Å²) in [5.74, 6) is -0.556. The molecule has 5 rings (SSSR count). The Labute approximate surface area is 247 Å². The molecule has 2 heterocycles. The Kier molecular flexibility index (Phi) is 8.48. The van der Waals surface area contributed by atoms with Gasteiger partial charge in [0.25, 0.3) is 11.8 Å². The molecule has 3 N–H and O–H groups in total. The number of hydrogen-bond donors (Lipinski definition) is 3. The fraction of sp³-hybridized carbons (Fsp3) is 0.343. The highest BCUT2D eigenvalue weighted by Gasteiger charge is 2.39. The van der Waals surface area contributed by atoms with Crippen LogP contribution in [0.5, 0.6) is 0 Å². The minimum atomic E-state index is -0.715. The molecule has 7 nitrogen and oxygen atoms in total. The van der Waals surface area contributed by atoms with Gasteiger partial charge in [-0.25, -0.2) is 0 Å². The van der Waals surface area contributed by atoms with Crippen molar-refractivity contribution >= 4 is 34.2 Å². The highest BCUT2D eigenvalue weighted by atomic mass is 16.2. The number of H-pyrrole nitrogens is 1. The van der Waals surface area contributed by atoms with Gasteiger partial charge in [-0.1, -0.05) is 94.0 Å². The quantitative estimate of drug-likeness (QED) is 0.340. The predicted octanol–water partition coefficient (Wildman–Crippen LogP) is 5.78. The van der Waals surface area contributed by atoms with Gasteiger partial charge < -0.3 is 20.5 Å². The van der Waals surface area contributed by atoms with Crippen LogP contribution in [0.1, 0.15) is 63.0 Å². The van der Waals surface area contributed by atoms with E-state index in [1.165, 1.54) is 0 Å². The zero-order valence-corrected chi connectivity index (χ0v) is 24.9. The van der Waals surface area contributed by atoms with Gasteiger partial charge in [-0.2, -0.15) is 0 Å². The summed E-state index contributed by atoms with van der Waals surface area (Å²) in [6, 6.07) is 18.8. The molecule has 0 saturated carbocycles. The molecule has 218 valence electrons. The summed E-state index contributed by atoms with van der Waals surface area (Å²) >= 11 is 0. The van der Waals surface area contributed by atoms with Crippen molar-refractivity contribution in [2.75, 3.05) is 13.1 Å². The van der Waals surface area contributed by atoms with Gasteiger partial charge >= 0.3 is 0 Å². The number of para-hydroxylation sites is 1. The third-order valence-corrected chi connectivity index (χ3v) is 8.16. The van der Waals surface area contributed by atoms with E-state index in [4.69, 9.17) is 0 Å². The second kappa shape index (κ2) is 12.2. The van der Waals surface area contributed by atoms with E-state index in [0.717, 1.165) is 40.5 Å². The maximum absolute atomic E-state index is 13.7. The average Bonchev–Trinajstić information content (AvgIpc) is 3.57. The summed E-state index contributed by atoms with van der Waals surface area (Å²) in [5, 5.41) is 7.11. The molecule has 2 aromatic carbocycles. The number of hydrogen-bond acceptors (Lipinski definition) is 3. The molecule has 0 bridgehead atoms. The number of likely N-dealkylation sites (tertiary alicyclic amines) is 1. The highest BCUT2D eigenvalue weighted by Crippen LogP contribution is 2.27. The molecule has 2 atom stereocenters. The molecule has 0 radical (unpaired) electrons. The fourth-order valence-electron chi connectivity index (χ4n) is 5.70. The van der Waals surface area contributed by atoms with Crippen molar-refractivity contribution in [3.63, 3.8) is 0 Å². The van der Waals surface area contributed by atoms with Gasteiger partial charge in [-0.15, -0.1) is 0 Å². The van der Waals surface area contributed by atoms with E-state index >= 15 is 0 Å². The van der Waals surface area contributed by atoms with E-state index in [-0.39, 0.29) is 23.8 Å². The van der Waals surface area contributed by atoms with Gasteiger partial charge in [0.05, 0.1) is 0 Å². The van der Waals surface area contributed by atoms with E-state index in [0.29, 0.717) is 30.8 Å². The zero-order valence-electron chi connectivity index (χ0n) is 24.9. The largest absolute Gasteiger partial charge is 0.351 e. The molecule has 1 aliphatic carbocycles. The van der Waals surface area contributed by atoms with Gasteiger partial charge in [-0.05, 0) is 54.0 Å². The number of fused-ring (bicyclic) bond motifs is 1. The first kappa shape index (κ1) is 29.1. The lowest BCUT2D eigenvalue weighted by molar-refractivity contribution is -0.135. The number of carbonyl (C=O) groups excluding carboxylic acids is 3. The Hall–Kier alpha value is -4.39. The number of carbonyl (C=O) groups is 3. The summed E-state index contributed by atoms with van der Waals surface area (Å²) < 4.78 is 0. The number of benzene rings is 2. The Balaban J connectivity index is 1.24. The lowest BCUT2D eigenvalue weighted by Crippen LogP contribution is -2.54. The average molecular weight is 565 g/mol. The number of allylic oxidation sites excluding steroid dienone is 4. The van der Waals surface area contributed by atoms with Gasteiger partial charge in [0.15, 0.2) is 0 Å². The van der Waals surface area contributed by atoms with Crippen molar-refractivity contribution in [1.82, 2.24) is 20.5 Å². The lowest BCUT2D eigenvalue weighted by atomic mass is 9.85. The van der Waals surface area contributed by atoms with Crippen LogP contribution in [0, 0.1) is 5.41 Å². The number of aromatic nitrogens is 1. The molecule has 2 aliphatic rings. The highest BCUT2D eigenvalue weighted by molar-refractivity contribution is 6.01. The van der Waals surface area contributed by atoms with Crippen LogP contribution in [0.25, 0.3) is 16.5 Å². The standard InChI is InChI=1S/C35H40N4O3/c1-5-23-15-16-25(24-11-7-6-8-12-24)17-18-28(23)32(40)36-27-19-20-39(22-27)34(42)31(35(2,3)4)38-33(41)30-21-26-13-9-10-14-29(26)37-30/h6-14,16-18,21,27,31,37H,5,15,19-20,22H2,1-4H3,(H,36,40)(H,38,41). The fourth-order valence-corrected chi connectivity index (χ4v) is 5.70. The number of nitrogens with one attached hydrogen (secondary N) is 3. The first-order valence-electron chi connectivity index (χ1n) is 14.8. The van der Waals surface area contributed by atoms with Crippen molar-refractivity contribution < 1.29 is 14.4 Å². The molecule has 3 amide bonds. The van der Waals surface area contributed by atoms with Crippen LogP contribution in [0.15, 0.2) is 90.0 Å². The summed E-state index contributed by atoms with van der Waals surface area (Å²) in [6.45, 7) is 8.85. The molecular weight excluding hydrogens is 524 g/mol. The number of amides is 3. The molecular formula is C35H40N4O3. The summed E-state index contributed by atoms with van der Waals surface area (Å²) in [7, 11) is 0. The van der Waals surface area contributed by atoms with Crippen LogP contribution in [-0.4, -0.2) is 52.8 Å². The van der Waals surface area contributed by atoms with Crippen molar-refractivity contribution in [2.24, 2.45) is 5.41 Å². The Morgan fingerprint density at radius 1 is 1.00 bits per heavy atom. The first-order chi connectivity index (χ1) is 20.1. The predicted molar refractivity (Wildman–Crippen MR) is 168 cm³/mol. The smallest absolute Gasteiger partial charge is 0.268 e. The third-order valence-electron chi connectivity index (χ3n) is 8.16. The summed E-state index contributed by atoms with van der Waals surface area (Å²) in [6.07, 6.45) is 8.28. The second-order valence-corrected chi connectivity index (χ2v) is 12.2. The maximum atomic E-state index is 13.7. The van der Waals surface area contributed by atoms with Crippen LogP contribution in [0.2, 0.25) is 0 Å². The molecule has 1 aliphatic heterocycles. The van der Waals surface area contributed by atoms with E-state index in [2.05, 4.69) is 40.8 Å². The second-order valence-electron chi connectivity index (χ2n) is 12.2. The minimum Gasteiger partial charge on any atom is -0.351 e. The van der Waals surface area contributed by atoms with Crippen LogP contribution in [0.3, 0.4) is 0 Å². The molecule has 7 heteroatoms.